The highest BCUT2D eigenvalue weighted by atomic mass is 35.5. The number of hydrogen-bond acceptors (Lipinski definition) is 4. The number of fused-ring (bicyclic) bond motifs is 2. The Bertz CT molecular complexity index is 1230. The van der Waals surface area contributed by atoms with E-state index in [1.807, 2.05) is 42.5 Å². The first-order chi connectivity index (χ1) is 12.9. The Morgan fingerprint density at radius 3 is 2.63 bits per heavy atom. The predicted molar refractivity (Wildman–Crippen MR) is 111 cm³/mol. The molecule has 0 bridgehead atoms. The molecule has 138 valence electrons. The van der Waals surface area contributed by atoms with Crippen LogP contribution in [-0.2, 0) is 10.0 Å². The van der Waals surface area contributed by atoms with Gasteiger partial charge in [0.1, 0.15) is 4.21 Å². The Morgan fingerprint density at radius 1 is 1.00 bits per heavy atom. The lowest BCUT2D eigenvalue weighted by Gasteiger charge is -2.14. The van der Waals surface area contributed by atoms with E-state index in [2.05, 4.69) is 4.72 Å². The molecule has 0 saturated heterocycles. The maximum atomic E-state index is 12.6. The number of thiophene rings is 1. The predicted octanol–water partition coefficient (Wildman–Crippen LogP) is 4.72. The standard InChI is InChI=1S/C20H16ClNO3S2/c21-15-8-9-19-14(10-15)11-20(26-19)27(24,25)22-12-18(23)17-7-3-5-13-4-1-2-6-16(13)17/h1-11,18,22-23H,12H2. The number of nitrogens with one attached hydrogen (secondary N) is 1. The lowest BCUT2D eigenvalue weighted by Crippen LogP contribution is -2.28. The van der Waals surface area contributed by atoms with E-state index >= 15 is 0 Å². The highest BCUT2D eigenvalue weighted by Crippen LogP contribution is 2.31. The molecule has 0 amide bonds. The van der Waals surface area contributed by atoms with Gasteiger partial charge in [0.05, 0.1) is 6.10 Å². The van der Waals surface area contributed by atoms with Crippen molar-refractivity contribution in [3.63, 3.8) is 0 Å². The molecule has 1 heterocycles. The number of hydrogen-bond donors (Lipinski definition) is 2. The molecule has 3 aromatic carbocycles. The lowest BCUT2D eigenvalue weighted by atomic mass is 10.0. The fraction of sp³-hybridized carbons (Fsp3) is 0.100. The molecule has 1 unspecified atom stereocenters. The summed E-state index contributed by atoms with van der Waals surface area (Å²) in [6, 6.07) is 20.2. The summed E-state index contributed by atoms with van der Waals surface area (Å²) in [6.45, 7) is -0.106. The summed E-state index contributed by atoms with van der Waals surface area (Å²) in [7, 11) is -3.73. The average Bonchev–Trinajstić information content (AvgIpc) is 3.10. The molecule has 1 atom stereocenters. The summed E-state index contributed by atoms with van der Waals surface area (Å²) in [4.78, 5) is 0. The Labute approximate surface area is 166 Å². The van der Waals surface area contributed by atoms with Crippen molar-refractivity contribution in [3.05, 3.63) is 77.3 Å². The van der Waals surface area contributed by atoms with Gasteiger partial charge in [0.15, 0.2) is 0 Å². The molecule has 0 aliphatic rings. The van der Waals surface area contributed by atoms with Crippen molar-refractivity contribution >= 4 is 53.8 Å². The van der Waals surface area contributed by atoms with Crippen molar-refractivity contribution < 1.29 is 13.5 Å². The van der Waals surface area contributed by atoms with Gasteiger partial charge in [-0.05, 0) is 46.0 Å². The Kier molecular flexibility index (Phi) is 4.92. The Balaban J connectivity index is 1.57. The van der Waals surface area contributed by atoms with Crippen molar-refractivity contribution in [1.29, 1.82) is 0 Å². The molecule has 0 radical (unpaired) electrons. The first-order valence-corrected chi connectivity index (χ1v) is 11.0. The van der Waals surface area contributed by atoms with Crippen LogP contribution in [0.1, 0.15) is 11.7 Å². The number of aliphatic hydroxyl groups excluding tert-OH is 1. The maximum Gasteiger partial charge on any atom is 0.250 e. The second-order valence-corrected chi connectivity index (χ2v) is 9.70. The van der Waals surface area contributed by atoms with Crippen LogP contribution in [0.4, 0.5) is 0 Å². The van der Waals surface area contributed by atoms with Crippen LogP contribution < -0.4 is 4.72 Å². The lowest BCUT2D eigenvalue weighted by molar-refractivity contribution is 0.183. The monoisotopic (exact) mass is 417 g/mol. The van der Waals surface area contributed by atoms with Gasteiger partial charge in [0, 0.05) is 16.3 Å². The van der Waals surface area contributed by atoms with Crippen molar-refractivity contribution in [3.8, 4) is 0 Å². The minimum atomic E-state index is -3.73. The topological polar surface area (TPSA) is 66.4 Å². The van der Waals surface area contributed by atoms with Crippen LogP contribution in [0.15, 0.2) is 70.9 Å². The molecule has 0 saturated carbocycles. The van der Waals surface area contributed by atoms with E-state index in [1.54, 1.807) is 24.3 Å². The molecule has 4 rings (SSSR count). The minimum Gasteiger partial charge on any atom is -0.387 e. The van der Waals surface area contributed by atoms with Gasteiger partial charge < -0.3 is 5.11 Å². The fourth-order valence-electron chi connectivity index (χ4n) is 3.03. The smallest absolute Gasteiger partial charge is 0.250 e. The summed E-state index contributed by atoms with van der Waals surface area (Å²) >= 11 is 7.14. The van der Waals surface area contributed by atoms with Crippen LogP contribution in [0.2, 0.25) is 5.02 Å². The molecule has 1 aromatic heterocycles. The van der Waals surface area contributed by atoms with Gasteiger partial charge in [-0.1, -0.05) is 54.1 Å². The van der Waals surface area contributed by atoms with E-state index in [1.165, 1.54) is 11.3 Å². The Hall–Kier alpha value is -1.96. The molecular weight excluding hydrogens is 402 g/mol. The molecule has 0 fully saturated rings. The summed E-state index contributed by atoms with van der Waals surface area (Å²) in [5.74, 6) is 0. The molecule has 0 aliphatic heterocycles. The van der Waals surface area contributed by atoms with Gasteiger partial charge in [-0.2, -0.15) is 0 Å². The van der Waals surface area contributed by atoms with Crippen molar-refractivity contribution in [2.24, 2.45) is 0 Å². The van der Waals surface area contributed by atoms with Crippen LogP contribution in [0.3, 0.4) is 0 Å². The first-order valence-electron chi connectivity index (χ1n) is 8.28. The molecule has 0 spiro atoms. The van der Waals surface area contributed by atoms with Crippen molar-refractivity contribution in [1.82, 2.24) is 4.72 Å². The molecular formula is C20H16ClNO3S2. The van der Waals surface area contributed by atoms with Crippen molar-refractivity contribution in [2.75, 3.05) is 6.54 Å². The molecule has 0 aliphatic carbocycles. The number of aliphatic hydroxyl groups is 1. The number of rotatable bonds is 5. The van der Waals surface area contributed by atoms with Crippen LogP contribution in [0, 0.1) is 0 Å². The third-order valence-corrected chi connectivity index (χ3v) is 7.62. The van der Waals surface area contributed by atoms with E-state index in [0.29, 0.717) is 10.6 Å². The van der Waals surface area contributed by atoms with Crippen LogP contribution in [0.25, 0.3) is 20.9 Å². The highest BCUT2D eigenvalue weighted by molar-refractivity contribution is 7.91. The van der Waals surface area contributed by atoms with Gasteiger partial charge >= 0.3 is 0 Å². The van der Waals surface area contributed by atoms with E-state index in [-0.39, 0.29) is 10.8 Å². The zero-order valence-corrected chi connectivity index (χ0v) is 16.5. The molecule has 4 aromatic rings. The molecule has 27 heavy (non-hydrogen) atoms. The van der Waals surface area contributed by atoms with Crippen molar-refractivity contribution in [2.45, 2.75) is 10.3 Å². The van der Waals surface area contributed by atoms with E-state index in [0.717, 1.165) is 20.9 Å². The average molecular weight is 418 g/mol. The van der Waals surface area contributed by atoms with E-state index < -0.39 is 16.1 Å². The summed E-state index contributed by atoms with van der Waals surface area (Å²) < 4.78 is 28.8. The largest absolute Gasteiger partial charge is 0.387 e. The molecule has 4 nitrogen and oxygen atoms in total. The zero-order chi connectivity index (χ0) is 19.0. The fourth-order valence-corrected chi connectivity index (χ4v) is 5.67. The van der Waals surface area contributed by atoms with Crippen LogP contribution in [-0.4, -0.2) is 20.1 Å². The maximum absolute atomic E-state index is 12.6. The van der Waals surface area contributed by atoms with E-state index in [4.69, 9.17) is 11.6 Å². The number of benzene rings is 3. The normalized spacial score (nSPS) is 13.3. The third kappa shape index (κ3) is 3.72. The second kappa shape index (κ2) is 7.22. The highest BCUT2D eigenvalue weighted by Gasteiger charge is 2.20. The van der Waals surface area contributed by atoms with Gasteiger partial charge in [-0.3, -0.25) is 0 Å². The van der Waals surface area contributed by atoms with Gasteiger partial charge in [0.25, 0.3) is 0 Å². The van der Waals surface area contributed by atoms with Gasteiger partial charge in [-0.15, -0.1) is 11.3 Å². The number of halogens is 1. The summed E-state index contributed by atoms with van der Waals surface area (Å²) in [6.07, 6.45) is -0.949. The van der Waals surface area contributed by atoms with Crippen LogP contribution >= 0.6 is 22.9 Å². The zero-order valence-electron chi connectivity index (χ0n) is 14.1. The first kappa shape index (κ1) is 18.4. The quantitative estimate of drug-likeness (QED) is 0.493. The number of sulfonamides is 1. The SMILES string of the molecule is O=S(=O)(NCC(O)c1cccc2ccccc12)c1cc2cc(Cl)ccc2s1. The van der Waals surface area contributed by atoms with Crippen LogP contribution in [0.5, 0.6) is 0 Å². The Morgan fingerprint density at radius 2 is 1.78 bits per heavy atom. The summed E-state index contributed by atoms with van der Waals surface area (Å²) in [5.41, 5.74) is 0.693. The molecule has 2 N–H and O–H groups in total. The van der Waals surface area contributed by atoms with E-state index in [9.17, 15) is 13.5 Å². The molecule has 7 heteroatoms. The third-order valence-electron chi connectivity index (χ3n) is 4.37. The second-order valence-electron chi connectivity index (χ2n) is 6.18. The minimum absolute atomic E-state index is 0.106. The van der Waals surface area contributed by atoms with Gasteiger partial charge in [-0.25, -0.2) is 13.1 Å². The summed E-state index contributed by atoms with van der Waals surface area (Å²) in [5, 5.41) is 13.8. The van der Waals surface area contributed by atoms with Gasteiger partial charge in [0.2, 0.25) is 10.0 Å².